The number of hydrogen-bond donors (Lipinski definition) is 0. The van der Waals surface area contributed by atoms with Gasteiger partial charge in [0.25, 0.3) is 0 Å². The lowest BCUT2D eigenvalue weighted by molar-refractivity contribution is -0.151. The lowest BCUT2D eigenvalue weighted by Gasteiger charge is -2.34. The highest BCUT2D eigenvalue weighted by Gasteiger charge is 2.29. The molecule has 1 rings (SSSR count). The molecule has 0 aromatic heterocycles. The molecule has 0 radical (unpaired) electrons. The van der Waals surface area contributed by atoms with E-state index < -0.39 is 0 Å². The van der Waals surface area contributed by atoms with Gasteiger partial charge in [0, 0.05) is 19.0 Å². The molecule has 116 valence electrons. The lowest BCUT2D eigenvalue weighted by Crippen LogP contribution is -2.48. The van der Waals surface area contributed by atoms with E-state index >= 15 is 0 Å². The number of ether oxygens (including phenoxy) is 2. The standard InChI is InChI=1S/C15H27NO4/c1-4-6-7-12(5-2)15(18)16-8-9-20-13(11-16)10-14(17)19-3/h12-13H,4-11H2,1-3H3. The monoisotopic (exact) mass is 285 g/mol. The van der Waals surface area contributed by atoms with Gasteiger partial charge in [-0.1, -0.05) is 26.7 Å². The van der Waals surface area contributed by atoms with Gasteiger partial charge in [0.05, 0.1) is 26.2 Å². The predicted molar refractivity (Wildman–Crippen MR) is 76.3 cm³/mol. The molecular formula is C15H27NO4. The van der Waals surface area contributed by atoms with Gasteiger partial charge in [-0.25, -0.2) is 0 Å². The Labute approximate surface area is 121 Å². The zero-order valence-corrected chi connectivity index (χ0v) is 12.9. The number of carbonyl (C=O) groups excluding carboxylic acids is 2. The minimum atomic E-state index is -0.290. The van der Waals surface area contributed by atoms with Gasteiger partial charge in [-0.15, -0.1) is 0 Å². The van der Waals surface area contributed by atoms with E-state index in [0.717, 1.165) is 25.7 Å². The van der Waals surface area contributed by atoms with Gasteiger partial charge in [0.2, 0.25) is 5.91 Å². The van der Waals surface area contributed by atoms with E-state index in [0.29, 0.717) is 19.7 Å². The smallest absolute Gasteiger partial charge is 0.308 e. The van der Waals surface area contributed by atoms with Crippen molar-refractivity contribution in [1.29, 1.82) is 0 Å². The van der Waals surface area contributed by atoms with E-state index in [1.165, 1.54) is 7.11 Å². The summed E-state index contributed by atoms with van der Waals surface area (Å²) in [6.07, 6.45) is 4.00. The summed E-state index contributed by atoms with van der Waals surface area (Å²) in [5.74, 6) is 0.0215. The first-order valence-corrected chi connectivity index (χ1v) is 7.59. The van der Waals surface area contributed by atoms with E-state index in [9.17, 15) is 9.59 Å². The number of rotatable bonds is 7. The molecule has 1 aliphatic heterocycles. The van der Waals surface area contributed by atoms with Crippen LogP contribution < -0.4 is 0 Å². The molecule has 0 aliphatic carbocycles. The Hall–Kier alpha value is -1.10. The Morgan fingerprint density at radius 2 is 2.15 bits per heavy atom. The zero-order chi connectivity index (χ0) is 15.0. The summed E-state index contributed by atoms with van der Waals surface area (Å²) in [4.78, 5) is 25.6. The van der Waals surface area contributed by atoms with Crippen molar-refractivity contribution in [3.05, 3.63) is 0 Å². The molecule has 2 atom stereocenters. The third-order valence-electron chi connectivity index (χ3n) is 3.82. The maximum absolute atomic E-state index is 12.5. The van der Waals surface area contributed by atoms with Crippen LogP contribution >= 0.6 is 0 Å². The average molecular weight is 285 g/mol. The molecule has 0 N–H and O–H groups in total. The van der Waals surface area contributed by atoms with Gasteiger partial charge in [0.15, 0.2) is 0 Å². The average Bonchev–Trinajstić information content (AvgIpc) is 2.48. The summed E-state index contributed by atoms with van der Waals surface area (Å²) >= 11 is 0. The van der Waals surface area contributed by atoms with Gasteiger partial charge in [0.1, 0.15) is 0 Å². The molecule has 1 aliphatic rings. The van der Waals surface area contributed by atoms with Crippen LogP contribution in [0.5, 0.6) is 0 Å². The molecule has 0 saturated carbocycles. The number of nitrogens with zero attached hydrogens (tertiary/aromatic N) is 1. The molecule has 20 heavy (non-hydrogen) atoms. The predicted octanol–water partition coefficient (Wildman–Crippen LogP) is 1.99. The number of hydrogen-bond acceptors (Lipinski definition) is 4. The van der Waals surface area contributed by atoms with E-state index in [1.807, 2.05) is 4.90 Å². The summed E-state index contributed by atoms with van der Waals surface area (Å²) in [5, 5.41) is 0. The number of carbonyl (C=O) groups is 2. The van der Waals surface area contributed by atoms with Gasteiger partial charge in [-0.3, -0.25) is 9.59 Å². The SMILES string of the molecule is CCCCC(CC)C(=O)N1CCOC(CC(=O)OC)C1. The molecule has 1 fully saturated rings. The number of morpholine rings is 1. The molecule has 5 heteroatoms. The Bertz CT molecular complexity index is 319. The molecule has 5 nitrogen and oxygen atoms in total. The van der Waals surface area contributed by atoms with Crippen molar-refractivity contribution < 1.29 is 19.1 Å². The fraction of sp³-hybridized carbons (Fsp3) is 0.867. The van der Waals surface area contributed by atoms with Crippen molar-refractivity contribution in [3.63, 3.8) is 0 Å². The Morgan fingerprint density at radius 1 is 1.40 bits per heavy atom. The van der Waals surface area contributed by atoms with Crippen molar-refractivity contribution >= 4 is 11.9 Å². The molecule has 1 saturated heterocycles. The first-order chi connectivity index (χ1) is 9.62. The maximum atomic E-state index is 12.5. The van der Waals surface area contributed by atoms with Crippen molar-refractivity contribution in [1.82, 2.24) is 4.90 Å². The molecule has 2 unspecified atom stereocenters. The van der Waals surface area contributed by atoms with Crippen LogP contribution in [0.2, 0.25) is 0 Å². The minimum Gasteiger partial charge on any atom is -0.469 e. The van der Waals surface area contributed by atoms with Gasteiger partial charge < -0.3 is 14.4 Å². The van der Waals surface area contributed by atoms with E-state index in [-0.39, 0.29) is 30.3 Å². The van der Waals surface area contributed by atoms with Crippen LogP contribution in [0.25, 0.3) is 0 Å². The summed E-state index contributed by atoms with van der Waals surface area (Å²) in [6, 6.07) is 0. The van der Waals surface area contributed by atoms with Crippen LogP contribution in [-0.2, 0) is 19.1 Å². The topological polar surface area (TPSA) is 55.8 Å². The zero-order valence-electron chi connectivity index (χ0n) is 12.9. The van der Waals surface area contributed by atoms with Crippen molar-refractivity contribution in [2.45, 2.75) is 52.1 Å². The Balaban J connectivity index is 2.52. The maximum Gasteiger partial charge on any atom is 0.308 e. The summed E-state index contributed by atoms with van der Waals surface area (Å²) < 4.78 is 10.2. The second kappa shape index (κ2) is 8.95. The molecular weight excluding hydrogens is 258 g/mol. The van der Waals surface area contributed by atoms with E-state index in [1.54, 1.807) is 0 Å². The number of methoxy groups -OCH3 is 1. The van der Waals surface area contributed by atoms with E-state index in [2.05, 4.69) is 18.6 Å². The molecule has 0 bridgehead atoms. The fourth-order valence-corrected chi connectivity index (χ4v) is 2.52. The van der Waals surface area contributed by atoms with Crippen LogP contribution in [0, 0.1) is 5.92 Å². The summed E-state index contributed by atoms with van der Waals surface area (Å²) in [5.41, 5.74) is 0. The largest absolute Gasteiger partial charge is 0.469 e. The Kier molecular flexibility index (Phi) is 7.59. The fourth-order valence-electron chi connectivity index (χ4n) is 2.52. The molecule has 0 aromatic carbocycles. The number of amides is 1. The van der Waals surface area contributed by atoms with Crippen LogP contribution in [0.3, 0.4) is 0 Å². The highest BCUT2D eigenvalue weighted by molar-refractivity contribution is 5.79. The third-order valence-corrected chi connectivity index (χ3v) is 3.82. The highest BCUT2D eigenvalue weighted by Crippen LogP contribution is 2.18. The van der Waals surface area contributed by atoms with Crippen molar-refractivity contribution in [2.24, 2.45) is 5.92 Å². The second-order valence-electron chi connectivity index (χ2n) is 5.30. The first kappa shape index (κ1) is 17.0. The molecule has 0 aromatic rings. The lowest BCUT2D eigenvalue weighted by atomic mass is 9.97. The van der Waals surface area contributed by atoms with Crippen LogP contribution in [0.15, 0.2) is 0 Å². The van der Waals surface area contributed by atoms with Crippen molar-refractivity contribution in [2.75, 3.05) is 26.8 Å². The van der Waals surface area contributed by atoms with Crippen LogP contribution in [0.1, 0.15) is 46.0 Å². The second-order valence-corrected chi connectivity index (χ2v) is 5.30. The normalized spacial score (nSPS) is 20.6. The van der Waals surface area contributed by atoms with Gasteiger partial charge in [-0.2, -0.15) is 0 Å². The summed E-state index contributed by atoms with van der Waals surface area (Å²) in [6.45, 7) is 5.82. The summed E-state index contributed by atoms with van der Waals surface area (Å²) in [7, 11) is 1.37. The molecule has 0 spiro atoms. The quantitative estimate of drug-likeness (QED) is 0.671. The van der Waals surface area contributed by atoms with Gasteiger partial charge >= 0.3 is 5.97 Å². The molecule has 1 amide bonds. The van der Waals surface area contributed by atoms with E-state index in [4.69, 9.17) is 4.74 Å². The third kappa shape index (κ3) is 5.12. The molecule has 1 heterocycles. The van der Waals surface area contributed by atoms with Gasteiger partial charge in [-0.05, 0) is 12.8 Å². The number of unbranched alkanes of at least 4 members (excludes halogenated alkanes) is 1. The Morgan fingerprint density at radius 3 is 2.75 bits per heavy atom. The highest BCUT2D eigenvalue weighted by atomic mass is 16.5. The van der Waals surface area contributed by atoms with Crippen molar-refractivity contribution in [3.8, 4) is 0 Å². The first-order valence-electron chi connectivity index (χ1n) is 7.59. The minimum absolute atomic E-state index is 0.104. The van der Waals surface area contributed by atoms with Crippen LogP contribution in [-0.4, -0.2) is 49.7 Å². The number of esters is 1. The van der Waals surface area contributed by atoms with Crippen LogP contribution in [0.4, 0.5) is 0 Å².